The normalized spacial score (nSPS) is 13.1. The SMILES string of the molecule is O=C(C=Cc1cccc2ccccc12)Nc1ccc2c(c1)OCCO2. The van der Waals surface area contributed by atoms with Crippen LogP contribution in [0.3, 0.4) is 0 Å². The van der Waals surface area contributed by atoms with Crippen LogP contribution in [0.2, 0.25) is 0 Å². The first-order chi connectivity index (χ1) is 12.3. The number of carbonyl (C=O) groups excluding carboxylic acids is 1. The zero-order valence-corrected chi connectivity index (χ0v) is 13.6. The summed E-state index contributed by atoms with van der Waals surface area (Å²) in [5.74, 6) is 1.17. The molecule has 0 aliphatic carbocycles. The molecule has 0 fully saturated rings. The number of hydrogen-bond donors (Lipinski definition) is 1. The molecule has 1 heterocycles. The van der Waals surface area contributed by atoms with Crippen LogP contribution in [0, 0.1) is 0 Å². The number of rotatable bonds is 3. The van der Waals surface area contributed by atoms with E-state index in [0.29, 0.717) is 30.4 Å². The summed E-state index contributed by atoms with van der Waals surface area (Å²) in [7, 11) is 0. The summed E-state index contributed by atoms with van der Waals surface area (Å²) in [6, 6.07) is 19.5. The van der Waals surface area contributed by atoms with Crippen molar-refractivity contribution >= 4 is 28.4 Å². The predicted octanol–water partition coefficient (Wildman–Crippen LogP) is 4.26. The third-order valence-electron chi connectivity index (χ3n) is 4.05. The van der Waals surface area contributed by atoms with Gasteiger partial charge in [-0.1, -0.05) is 42.5 Å². The molecule has 0 radical (unpaired) electrons. The van der Waals surface area contributed by atoms with Crippen molar-refractivity contribution in [3.8, 4) is 11.5 Å². The second-order valence-corrected chi connectivity index (χ2v) is 5.75. The summed E-state index contributed by atoms with van der Waals surface area (Å²) < 4.78 is 11.0. The Morgan fingerprint density at radius 3 is 2.64 bits per heavy atom. The van der Waals surface area contributed by atoms with Crippen molar-refractivity contribution in [2.75, 3.05) is 18.5 Å². The number of benzene rings is 3. The second-order valence-electron chi connectivity index (χ2n) is 5.75. The van der Waals surface area contributed by atoms with Crippen molar-refractivity contribution in [2.24, 2.45) is 0 Å². The number of fused-ring (bicyclic) bond motifs is 2. The van der Waals surface area contributed by atoms with E-state index in [9.17, 15) is 4.79 Å². The first-order valence-electron chi connectivity index (χ1n) is 8.16. The number of carbonyl (C=O) groups is 1. The molecule has 1 amide bonds. The van der Waals surface area contributed by atoms with Crippen molar-refractivity contribution in [3.05, 3.63) is 72.3 Å². The van der Waals surface area contributed by atoms with Crippen molar-refractivity contribution in [1.82, 2.24) is 0 Å². The Labute approximate surface area is 145 Å². The molecule has 4 nitrogen and oxygen atoms in total. The van der Waals surface area contributed by atoms with E-state index in [-0.39, 0.29) is 5.91 Å². The van der Waals surface area contributed by atoms with Gasteiger partial charge in [0.25, 0.3) is 0 Å². The van der Waals surface area contributed by atoms with Crippen LogP contribution >= 0.6 is 0 Å². The summed E-state index contributed by atoms with van der Waals surface area (Å²) in [6.07, 6.45) is 3.37. The fourth-order valence-corrected chi connectivity index (χ4v) is 2.87. The summed E-state index contributed by atoms with van der Waals surface area (Å²) in [4.78, 5) is 12.2. The maximum atomic E-state index is 12.2. The van der Waals surface area contributed by atoms with Gasteiger partial charge in [0.15, 0.2) is 11.5 Å². The minimum absolute atomic E-state index is 0.190. The molecule has 0 bridgehead atoms. The van der Waals surface area contributed by atoms with E-state index in [2.05, 4.69) is 17.4 Å². The van der Waals surface area contributed by atoms with E-state index in [0.717, 1.165) is 16.3 Å². The minimum Gasteiger partial charge on any atom is -0.486 e. The monoisotopic (exact) mass is 331 g/mol. The van der Waals surface area contributed by atoms with Crippen molar-refractivity contribution in [1.29, 1.82) is 0 Å². The lowest BCUT2D eigenvalue weighted by molar-refractivity contribution is -0.111. The molecule has 1 aliphatic heterocycles. The van der Waals surface area contributed by atoms with Gasteiger partial charge in [-0.3, -0.25) is 4.79 Å². The van der Waals surface area contributed by atoms with Gasteiger partial charge in [0, 0.05) is 17.8 Å². The smallest absolute Gasteiger partial charge is 0.248 e. The molecule has 4 heteroatoms. The zero-order chi connectivity index (χ0) is 17.1. The number of ether oxygens (including phenoxy) is 2. The van der Waals surface area contributed by atoms with Gasteiger partial charge in [-0.15, -0.1) is 0 Å². The highest BCUT2D eigenvalue weighted by Crippen LogP contribution is 2.32. The van der Waals surface area contributed by atoms with Gasteiger partial charge >= 0.3 is 0 Å². The highest BCUT2D eigenvalue weighted by molar-refractivity contribution is 6.03. The highest BCUT2D eigenvalue weighted by atomic mass is 16.6. The third-order valence-corrected chi connectivity index (χ3v) is 4.05. The number of anilines is 1. The van der Waals surface area contributed by atoms with Gasteiger partial charge in [0.05, 0.1) is 0 Å². The lowest BCUT2D eigenvalue weighted by Gasteiger charge is -2.18. The van der Waals surface area contributed by atoms with Crippen LogP contribution in [-0.4, -0.2) is 19.1 Å². The van der Waals surface area contributed by atoms with Crippen LogP contribution in [-0.2, 0) is 4.79 Å². The molecule has 0 saturated carbocycles. The number of nitrogens with one attached hydrogen (secondary N) is 1. The zero-order valence-electron chi connectivity index (χ0n) is 13.6. The Morgan fingerprint density at radius 1 is 0.920 bits per heavy atom. The van der Waals surface area contributed by atoms with E-state index in [1.807, 2.05) is 36.4 Å². The third kappa shape index (κ3) is 3.33. The van der Waals surface area contributed by atoms with Crippen molar-refractivity contribution < 1.29 is 14.3 Å². The summed E-state index contributed by atoms with van der Waals surface area (Å²) in [5, 5.41) is 5.12. The van der Waals surface area contributed by atoms with E-state index in [4.69, 9.17) is 9.47 Å². The minimum atomic E-state index is -0.190. The lowest BCUT2D eigenvalue weighted by Crippen LogP contribution is -2.16. The molecule has 1 aliphatic rings. The van der Waals surface area contributed by atoms with E-state index < -0.39 is 0 Å². The largest absolute Gasteiger partial charge is 0.486 e. The fourth-order valence-electron chi connectivity index (χ4n) is 2.87. The van der Waals surface area contributed by atoms with Crippen LogP contribution in [0.4, 0.5) is 5.69 Å². The van der Waals surface area contributed by atoms with Crippen molar-refractivity contribution in [3.63, 3.8) is 0 Å². The van der Waals surface area contributed by atoms with Crippen LogP contribution < -0.4 is 14.8 Å². The first-order valence-corrected chi connectivity index (χ1v) is 8.16. The molecule has 124 valence electrons. The van der Waals surface area contributed by atoms with Crippen LogP contribution in [0.1, 0.15) is 5.56 Å². The molecule has 0 aromatic heterocycles. The lowest BCUT2D eigenvalue weighted by atomic mass is 10.0. The highest BCUT2D eigenvalue weighted by Gasteiger charge is 2.12. The summed E-state index contributed by atoms with van der Waals surface area (Å²) >= 11 is 0. The number of hydrogen-bond acceptors (Lipinski definition) is 3. The van der Waals surface area contributed by atoms with E-state index in [1.165, 1.54) is 0 Å². The van der Waals surface area contributed by atoms with Crippen molar-refractivity contribution in [2.45, 2.75) is 0 Å². The van der Waals surface area contributed by atoms with Crippen LogP contribution in [0.5, 0.6) is 11.5 Å². The molecule has 0 spiro atoms. The summed E-state index contributed by atoms with van der Waals surface area (Å²) in [6.45, 7) is 1.07. The molecule has 25 heavy (non-hydrogen) atoms. The first kappa shape index (κ1) is 15.3. The fraction of sp³-hybridized carbons (Fsp3) is 0.0952. The quantitative estimate of drug-likeness (QED) is 0.729. The molecule has 3 aromatic rings. The van der Waals surface area contributed by atoms with Gasteiger partial charge in [-0.05, 0) is 34.5 Å². The average molecular weight is 331 g/mol. The Morgan fingerprint density at radius 2 is 1.72 bits per heavy atom. The molecule has 4 rings (SSSR count). The maximum Gasteiger partial charge on any atom is 0.248 e. The molecule has 1 N–H and O–H groups in total. The Hall–Kier alpha value is -3.27. The summed E-state index contributed by atoms with van der Waals surface area (Å²) in [5.41, 5.74) is 1.69. The van der Waals surface area contributed by atoms with Crippen LogP contribution in [0.25, 0.3) is 16.8 Å². The molecule has 0 saturated heterocycles. The molecule has 0 unspecified atom stereocenters. The van der Waals surface area contributed by atoms with Gasteiger partial charge in [0.1, 0.15) is 13.2 Å². The topological polar surface area (TPSA) is 47.6 Å². The predicted molar refractivity (Wildman–Crippen MR) is 99.0 cm³/mol. The Balaban J connectivity index is 1.51. The second kappa shape index (κ2) is 6.69. The van der Waals surface area contributed by atoms with Gasteiger partial charge in [-0.25, -0.2) is 0 Å². The Bertz CT molecular complexity index is 957. The van der Waals surface area contributed by atoms with Gasteiger partial charge in [0.2, 0.25) is 5.91 Å². The molecule has 3 aromatic carbocycles. The van der Waals surface area contributed by atoms with Gasteiger partial charge in [-0.2, -0.15) is 0 Å². The molecular weight excluding hydrogens is 314 g/mol. The number of amides is 1. The Kier molecular flexibility index (Phi) is 4.09. The average Bonchev–Trinajstić information content (AvgIpc) is 2.66. The van der Waals surface area contributed by atoms with Gasteiger partial charge < -0.3 is 14.8 Å². The molecule has 0 atom stereocenters. The van der Waals surface area contributed by atoms with E-state index in [1.54, 1.807) is 24.3 Å². The maximum absolute atomic E-state index is 12.2. The standard InChI is InChI=1S/C21H17NO3/c23-21(22-17-9-10-19-20(14-17)25-13-12-24-19)11-8-16-6-3-5-15-4-1-2-7-18(15)16/h1-11,14H,12-13H2,(H,22,23). The van der Waals surface area contributed by atoms with Crippen LogP contribution in [0.15, 0.2) is 66.7 Å². The molecular formula is C21H17NO3. The van der Waals surface area contributed by atoms with E-state index >= 15 is 0 Å².